The SMILES string of the molecule is NCC(N)C(O)CO. The third kappa shape index (κ3) is 2.23. The van der Waals surface area contributed by atoms with Crippen molar-refractivity contribution in [2.45, 2.75) is 12.1 Å². The van der Waals surface area contributed by atoms with E-state index in [0.29, 0.717) is 0 Å². The maximum Gasteiger partial charge on any atom is 0.0933 e. The largest absolute Gasteiger partial charge is 0.394 e. The number of aliphatic hydroxyl groups excluding tert-OH is 2. The summed E-state index contributed by atoms with van der Waals surface area (Å²) in [7, 11) is 0. The zero-order valence-electron chi connectivity index (χ0n) is 4.62. The molecule has 0 saturated carbocycles. The molecule has 50 valence electrons. The van der Waals surface area contributed by atoms with Gasteiger partial charge in [0.1, 0.15) is 0 Å². The molecule has 0 amide bonds. The minimum absolute atomic E-state index is 0.196. The summed E-state index contributed by atoms with van der Waals surface area (Å²) in [6.07, 6.45) is -0.875. The first-order valence-electron chi connectivity index (χ1n) is 2.47. The van der Waals surface area contributed by atoms with E-state index in [1.165, 1.54) is 0 Å². The van der Waals surface area contributed by atoms with Crippen LogP contribution < -0.4 is 11.5 Å². The average Bonchev–Trinajstić information content (AvgIpc) is 1.84. The first-order valence-corrected chi connectivity index (χ1v) is 2.47. The van der Waals surface area contributed by atoms with Gasteiger partial charge in [-0.2, -0.15) is 0 Å². The van der Waals surface area contributed by atoms with E-state index in [1.54, 1.807) is 0 Å². The summed E-state index contributed by atoms with van der Waals surface area (Å²) >= 11 is 0. The van der Waals surface area contributed by atoms with Crippen LogP contribution in [0, 0.1) is 0 Å². The van der Waals surface area contributed by atoms with Crippen molar-refractivity contribution in [1.29, 1.82) is 0 Å². The van der Waals surface area contributed by atoms with Crippen molar-refractivity contribution in [2.24, 2.45) is 11.5 Å². The molecule has 4 nitrogen and oxygen atoms in total. The molecule has 8 heavy (non-hydrogen) atoms. The van der Waals surface area contributed by atoms with Gasteiger partial charge < -0.3 is 21.7 Å². The van der Waals surface area contributed by atoms with Gasteiger partial charge >= 0.3 is 0 Å². The lowest BCUT2D eigenvalue weighted by Gasteiger charge is -2.12. The molecular formula is C4H12N2O2. The molecule has 0 spiro atoms. The summed E-state index contributed by atoms with van der Waals surface area (Å²) in [6.45, 7) is -0.125. The molecule has 2 unspecified atom stereocenters. The highest BCUT2D eigenvalue weighted by Gasteiger charge is 2.09. The van der Waals surface area contributed by atoms with Crippen molar-refractivity contribution in [3.05, 3.63) is 0 Å². The number of hydrogen-bond donors (Lipinski definition) is 4. The minimum Gasteiger partial charge on any atom is -0.394 e. The molecule has 0 aliphatic carbocycles. The normalized spacial score (nSPS) is 18.0. The standard InChI is InChI=1S/C4H12N2O2/c5-1-3(6)4(8)2-7/h3-4,7-8H,1-2,5-6H2. The van der Waals surface area contributed by atoms with Gasteiger partial charge in [-0.1, -0.05) is 0 Å². The van der Waals surface area contributed by atoms with Crippen molar-refractivity contribution < 1.29 is 10.2 Å². The van der Waals surface area contributed by atoms with Gasteiger partial charge in [0, 0.05) is 12.6 Å². The van der Waals surface area contributed by atoms with Crippen LogP contribution in [0.25, 0.3) is 0 Å². The van der Waals surface area contributed by atoms with Crippen LogP contribution in [0.5, 0.6) is 0 Å². The highest BCUT2D eigenvalue weighted by atomic mass is 16.3. The maximum atomic E-state index is 8.67. The molecule has 0 heterocycles. The van der Waals surface area contributed by atoms with E-state index in [2.05, 4.69) is 0 Å². The summed E-state index contributed by atoms with van der Waals surface area (Å²) in [5.74, 6) is 0. The van der Waals surface area contributed by atoms with Crippen LogP contribution in [0.4, 0.5) is 0 Å². The van der Waals surface area contributed by atoms with Gasteiger partial charge in [-0.15, -0.1) is 0 Å². The van der Waals surface area contributed by atoms with Crippen LogP contribution >= 0.6 is 0 Å². The third-order valence-corrected chi connectivity index (χ3v) is 0.953. The minimum atomic E-state index is -0.875. The van der Waals surface area contributed by atoms with Crippen molar-refractivity contribution in [3.8, 4) is 0 Å². The Morgan fingerprint density at radius 1 is 1.50 bits per heavy atom. The molecule has 0 aliphatic heterocycles. The highest BCUT2D eigenvalue weighted by Crippen LogP contribution is 1.83. The molecule has 0 saturated heterocycles. The van der Waals surface area contributed by atoms with Crippen molar-refractivity contribution in [1.82, 2.24) is 0 Å². The molecule has 0 aliphatic rings. The van der Waals surface area contributed by atoms with Crippen LogP contribution in [0.2, 0.25) is 0 Å². The summed E-state index contributed by atoms with van der Waals surface area (Å²) in [5, 5.41) is 16.9. The van der Waals surface area contributed by atoms with Crippen molar-refractivity contribution >= 4 is 0 Å². The fourth-order valence-corrected chi connectivity index (χ4v) is 0.292. The van der Waals surface area contributed by atoms with Gasteiger partial charge in [0.2, 0.25) is 0 Å². The smallest absolute Gasteiger partial charge is 0.0933 e. The summed E-state index contributed by atoms with van der Waals surface area (Å²) in [4.78, 5) is 0. The molecule has 6 N–H and O–H groups in total. The summed E-state index contributed by atoms with van der Waals surface area (Å²) in [5.41, 5.74) is 10.2. The van der Waals surface area contributed by atoms with Crippen LogP contribution in [0.3, 0.4) is 0 Å². The fourth-order valence-electron chi connectivity index (χ4n) is 0.292. The van der Waals surface area contributed by atoms with Gasteiger partial charge in [-0.25, -0.2) is 0 Å². The van der Waals surface area contributed by atoms with Crippen LogP contribution in [-0.2, 0) is 0 Å². The molecule has 0 aromatic carbocycles. The molecule has 0 bridgehead atoms. The predicted molar refractivity (Wildman–Crippen MR) is 30.1 cm³/mol. The second-order valence-corrected chi connectivity index (χ2v) is 1.65. The first kappa shape index (κ1) is 7.84. The fraction of sp³-hybridized carbons (Fsp3) is 1.00. The van der Waals surface area contributed by atoms with E-state index in [1.807, 2.05) is 0 Å². The van der Waals surface area contributed by atoms with Gasteiger partial charge in [0.15, 0.2) is 0 Å². The predicted octanol–water partition coefficient (Wildman–Crippen LogP) is -2.37. The lowest BCUT2D eigenvalue weighted by molar-refractivity contribution is 0.0763. The molecule has 0 fully saturated rings. The molecule has 4 heteroatoms. The van der Waals surface area contributed by atoms with E-state index >= 15 is 0 Å². The van der Waals surface area contributed by atoms with E-state index in [4.69, 9.17) is 21.7 Å². The maximum absolute atomic E-state index is 8.67. The lowest BCUT2D eigenvalue weighted by atomic mass is 10.2. The van der Waals surface area contributed by atoms with Crippen molar-refractivity contribution in [3.63, 3.8) is 0 Å². The molecule has 0 aromatic rings. The summed E-state index contributed by atoms with van der Waals surface area (Å²) < 4.78 is 0. The molecular weight excluding hydrogens is 108 g/mol. The second-order valence-electron chi connectivity index (χ2n) is 1.65. The topological polar surface area (TPSA) is 92.5 Å². The Morgan fingerprint density at radius 2 is 2.00 bits per heavy atom. The highest BCUT2D eigenvalue weighted by molar-refractivity contribution is 4.70. The number of aliphatic hydroxyl groups is 2. The Balaban J connectivity index is 3.29. The Kier molecular flexibility index (Phi) is 3.72. The van der Waals surface area contributed by atoms with Gasteiger partial charge in [-0.05, 0) is 0 Å². The monoisotopic (exact) mass is 120 g/mol. The third-order valence-electron chi connectivity index (χ3n) is 0.953. The molecule has 2 atom stereocenters. The Morgan fingerprint density at radius 3 is 2.12 bits per heavy atom. The zero-order valence-corrected chi connectivity index (χ0v) is 4.62. The first-order chi connectivity index (χ1) is 3.72. The van der Waals surface area contributed by atoms with Gasteiger partial charge in [-0.3, -0.25) is 0 Å². The Labute approximate surface area is 48.1 Å². The van der Waals surface area contributed by atoms with Gasteiger partial charge in [0.25, 0.3) is 0 Å². The Hall–Kier alpha value is -0.160. The van der Waals surface area contributed by atoms with Crippen LogP contribution in [0.15, 0.2) is 0 Å². The van der Waals surface area contributed by atoms with E-state index in [-0.39, 0.29) is 13.2 Å². The van der Waals surface area contributed by atoms with E-state index < -0.39 is 12.1 Å². The van der Waals surface area contributed by atoms with E-state index in [0.717, 1.165) is 0 Å². The van der Waals surface area contributed by atoms with Crippen molar-refractivity contribution in [2.75, 3.05) is 13.2 Å². The molecule has 0 rings (SSSR count). The van der Waals surface area contributed by atoms with E-state index in [9.17, 15) is 0 Å². The summed E-state index contributed by atoms with van der Waals surface area (Å²) in [6, 6.07) is -0.500. The zero-order chi connectivity index (χ0) is 6.57. The Bertz CT molecular complexity index is 52.0. The van der Waals surface area contributed by atoms with Crippen LogP contribution in [0.1, 0.15) is 0 Å². The number of nitrogens with two attached hydrogens (primary N) is 2. The molecule has 0 aromatic heterocycles. The second kappa shape index (κ2) is 3.80. The molecule has 0 radical (unpaired) electrons. The average molecular weight is 120 g/mol. The quantitative estimate of drug-likeness (QED) is 0.335. The number of rotatable bonds is 3. The lowest BCUT2D eigenvalue weighted by Crippen LogP contribution is -2.42. The number of hydrogen-bond acceptors (Lipinski definition) is 4. The van der Waals surface area contributed by atoms with Crippen LogP contribution in [-0.4, -0.2) is 35.5 Å². The van der Waals surface area contributed by atoms with Gasteiger partial charge in [0.05, 0.1) is 12.7 Å².